The number of hydrogen-bond acceptors (Lipinski definition) is 4. The number of aryl methyl sites for hydroxylation is 1. The lowest BCUT2D eigenvalue weighted by molar-refractivity contribution is 0.173. The van der Waals surface area contributed by atoms with E-state index in [1.54, 1.807) is 14.2 Å². The highest BCUT2D eigenvalue weighted by atomic mass is 16.5. The van der Waals surface area contributed by atoms with Gasteiger partial charge in [0, 0.05) is 18.7 Å². The molecule has 118 valence electrons. The minimum absolute atomic E-state index is 0.477. The molecule has 1 atom stereocenters. The van der Waals surface area contributed by atoms with Crippen molar-refractivity contribution in [2.75, 3.05) is 20.8 Å². The van der Waals surface area contributed by atoms with Gasteiger partial charge in [0.1, 0.15) is 0 Å². The van der Waals surface area contributed by atoms with E-state index < -0.39 is 6.10 Å². The predicted molar refractivity (Wildman–Crippen MR) is 87.4 cm³/mol. The number of aliphatic hydroxyl groups is 1. The third kappa shape index (κ3) is 3.78. The Labute approximate surface area is 131 Å². The minimum atomic E-state index is -0.530. The highest BCUT2D eigenvalue weighted by Gasteiger charge is 2.12. The Bertz CT molecular complexity index is 613. The Morgan fingerprint density at radius 1 is 1.05 bits per heavy atom. The smallest absolute Gasteiger partial charge is 0.165 e. The second kappa shape index (κ2) is 7.82. The van der Waals surface area contributed by atoms with Gasteiger partial charge >= 0.3 is 0 Å². The van der Waals surface area contributed by atoms with E-state index in [4.69, 9.17) is 9.47 Å². The van der Waals surface area contributed by atoms with Crippen LogP contribution in [0.2, 0.25) is 0 Å². The van der Waals surface area contributed by atoms with Crippen molar-refractivity contribution in [3.8, 4) is 11.5 Å². The van der Waals surface area contributed by atoms with Gasteiger partial charge in [0.05, 0.1) is 20.3 Å². The Morgan fingerprint density at radius 3 is 2.50 bits per heavy atom. The lowest BCUT2D eigenvalue weighted by Gasteiger charge is -2.16. The van der Waals surface area contributed by atoms with Crippen molar-refractivity contribution in [1.29, 1.82) is 0 Å². The molecule has 0 fully saturated rings. The number of methoxy groups -OCH3 is 2. The molecule has 0 amide bonds. The van der Waals surface area contributed by atoms with Crippen molar-refractivity contribution >= 4 is 0 Å². The fraction of sp³-hybridized carbons (Fsp3) is 0.333. The molecular formula is C18H23NO3. The number of rotatable bonds is 7. The number of benzene rings is 2. The van der Waals surface area contributed by atoms with Crippen LogP contribution in [0.4, 0.5) is 0 Å². The molecule has 4 heteroatoms. The molecule has 0 saturated carbocycles. The van der Waals surface area contributed by atoms with Gasteiger partial charge in [0.15, 0.2) is 11.5 Å². The van der Waals surface area contributed by atoms with Crippen LogP contribution in [-0.4, -0.2) is 25.9 Å². The molecule has 2 N–H and O–H groups in total. The van der Waals surface area contributed by atoms with Crippen molar-refractivity contribution in [2.45, 2.75) is 19.6 Å². The van der Waals surface area contributed by atoms with Crippen LogP contribution in [-0.2, 0) is 6.54 Å². The fourth-order valence-electron chi connectivity index (χ4n) is 2.51. The second-order valence-corrected chi connectivity index (χ2v) is 5.16. The number of aliphatic hydroxyl groups excluding tert-OH is 1. The topological polar surface area (TPSA) is 50.7 Å². The van der Waals surface area contributed by atoms with Crippen LogP contribution in [0.25, 0.3) is 0 Å². The average molecular weight is 301 g/mol. The molecule has 0 bridgehead atoms. The van der Waals surface area contributed by atoms with E-state index in [9.17, 15) is 5.11 Å². The van der Waals surface area contributed by atoms with Crippen LogP contribution in [0.15, 0.2) is 42.5 Å². The Hall–Kier alpha value is -2.04. The molecule has 2 aromatic carbocycles. The summed E-state index contributed by atoms with van der Waals surface area (Å²) in [5.74, 6) is 1.43. The van der Waals surface area contributed by atoms with Crippen molar-refractivity contribution in [2.24, 2.45) is 0 Å². The quantitative estimate of drug-likeness (QED) is 0.825. The van der Waals surface area contributed by atoms with E-state index in [-0.39, 0.29) is 0 Å². The van der Waals surface area contributed by atoms with E-state index in [0.29, 0.717) is 18.8 Å². The summed E-state index contributed by atoms with van der Waals surface area (Å²) in [6.07, 6.45) is -0.530. The molecule has 0 heterocycles. The van der Waals surface area contributed by atoms with Crippen molar-refractivity contribution in [3.63, 3.8) is 0 Å². The van der Waals surface area contributed by atoms with Crippen LogP contribution < -0.4 is 14.8 Å². The van der Waals surface area contributed by atoms with Crippen LogP contribution in [0.1, 0.15) is 22.8 Å². The van der Waals surface area contributed by atoms with Gasteiger partial charge in [-0.05, 0) is 24.1 Å². The zero-order chi connectivity index (χ0) is 15.9. The van der Waals surface area contributed by atoms with Gasteiger partial charge in [-0.3, -0.25) is 0 Å². The number of hydrogen-bond donors (Lipinski definition) is 2. The summed E-state index contributed by atoms with van der Waals surface area (Å²) in [6.45, 7) is 3.08. The SMILES string of the molecule is COc1cccc(CNCC(O)c2ccccc2C)c1OC. The molecule has 0 aromatic heterocycles. The molecule has 0 radical (unpaired) electrons. The average Bonchev–Trinajstić information content (AvgIpc) is 2.54. The van der Waals surface area contributed by atoms with Gasteiger partial charge in [0.25, 0.3) is 0 Å². The molecule has 2 aromatic rings. The predicted octanol–water partition coefficient (Wildman–Crippen LogP) is 2.84. The van der Waals surface area contributed by atoms with Gasteiger partial charge in [0.2, 0.25) is 0 Å². The molecule has 2 rings (SSSR count). The number of ether oxygens (including phenoxy) is 2. The lowest BCUT2D eigenvalue weighted by atomic mass is 10.0. The first kappa shape index (κ1) is 16.3. The molecule has 0 aliphatic rings. The summed E-state index contributed by atoms with van der Waals surface area (Å²) in [4.78, 5) is 0. The number of para-hydroxylation sites is 1. The van der Waals surface area contributed by atoms with E-state index in [2.05, 4.69) is 5.32 Å². The van der Waals surface area contributed by atoms with Crippen molar-refractivity contribution in [1.82, 2.24) is 5.32 Å². The van der Waals surface area contributed by atoms with Crippen LogP contribution in [0.5, 0.6) is 11.5 Å². The van der Waals surface area contributed by atoms with E-state index in [1.807, 2.05) is 49.4 Å². The molecule has 0 aliphatic carbocycles. The number of nitrogens with one attached hydrogen (secondary N) is 1. The van der Waals surface area contributed by atoms with E-state index in [0.717, 1.165) is 22.4 Å². The van der Waals surface area contributed by atoms with Crippen molar-refractivity contribution < 1.29 is 14.6 Å². The Morgan fingerprint density at radius 2 is 1.82 bits per heavy atom. The molecule has 0 spiro atoms. The normalized spacial score (nSPS) is 12.0. The Balaban J connectivity index is 1.98. The first-order chi connectivity index (χ1) is 10.7. The third-order valence-electron chi connectivity index (χ3n) is 3.69. The summed E-state index contributed by atoms with van der Waals surface area (Å²) >= 11 is 0. The second-order valence-electron chi connectivity index (χ2n) is 5.16. The minimum Gasteiger partial charge on any atom is -0.493 e. The van der Waals surface area contributed by atoms with Crippen LogP contribution in [0, 0.1) is 6.92 Å². The van der Waals surface area contributed by atoms with Gasteiger partial charge in [-0.25, -0.2) is 0 Å². The van der Waals surface area contributed by atoms with Gasteiger partial charge in [-0.15, -0.1) is 0 Å². The van der Waals surface area contributed by atoms with Gasteiger partial charge in [-0.1, -0.05) is 36.4 Å². The van der Waals surface area contributed by atoms with Gasteiger partial charge in [-0.2, -0.15) is 0 Å². The molecule has 0 aliphatic heterocycles. The molecule has 0 saturated heterocycles. The fourth-order valence-corrected chi connectivity index (χ4v) is 2.51. The monoisotopic (exact) mass is 301 g/mol. The highest BCUT2D eigenvalue weighted by Crippen LogP contribution is 2.30. The third-order valence-corrected chi connectivity index (χ3v) is 3.69. The van der Waals surface area contributed by atoms with Crippen molar-refractivity contribution in [3.05, 3.63) is 59.2 Å². The molecular weight excluding hydrogens is 278 g/mol. The summed E-state index contributed by atoms with van der Waals surface area (Å²) in [7, 11) is 3.25. The zero-order valence-electron chi connectivity index (χ0n) is 13.3. The maximum atomic E-state index is 10.3. The van der Waals surface area contributed by atoms with Gasteiger partial charge < -0.3 is 19.9 Å². The standard InChI is InChI=1S/C18H23NO3/c1-13-7-4-5-9-15(13)16(20)12-19-11-14-8-6-10-17(21-2)18(14)22-3/h4-10,16,19-20H,11-12H2,1-3H3. The van der Waals surface area contributed by atoms with Crippen LogP contribution >= 0.6 is 0 Å². The van der Waals surface area contributed by atoms with E-state index in [1.165, 1.54) is 0 Å². The highest BCUT2D eigenvalue weighted by molar-refractivity contribution is 5.46. The molecule has 1 unspecified atom stereocenters. The summed E-state index contributed by atoms with van der Waals surface area (Å²) < 4.78 is 10.7. The first-order valence-electron chi connectivity index (χ1n) is 7.31. The maximum absolute atomic E-state index is 10.3. The molecule has 4 nitrogen and oxygen atoms in total. The summed E-state index contributed by atoms with van der Waals surface area (Å²) in [5.41, 5.74) is 3.04. The largest absolute Gasteiger partial charge is 0.493 e. The lowest BCUT2D eigenvalue weighted by Crippen LogP contribution is -2.21. The Kier molecular flexibility index (Phi) is 5.81. The maximum Gasteiger partial charge on any atom is 0.165 e. The van der Waals surface area contributed by atoms with E-state index >= 15 is 0 Å². The van der Waals surface area contributed by atoms with Crippen LogP contribution in [0.3, 0.4) is 0 Å². The summed E-state index contributed by atoms with van der Waals surface area (Å²) in [5, 5.41) is 13.6. The molecule has 22 heavy (non-hydrogen) atoms. The zero-order valence-corrected chi connectivity index (χ0v) is 13.3. The first-order valence-corrected chi connectivity index (χ1v) is 7.31. The summed E-state index contributed by atoms with van der Waals surface area (Å²) in [6, 6.07) is 13.6.